The van der Waals surface area contributed by atoms with Crippen molar-refractivity contribution in [3.63, 3.8) is 0 Å². The largest absolute Gasteiger partial charge is 0.493 e. The number of methoxy groups -OCH3 is 1. The van der Waals surface area contributed by atoms with Gasteiger partial charge in [0, 0.05) is 49.0 Å². The fourth-order valence-electron chi connectivity index (χ4n) is 6.27. The van der Waals surface area contributed by atoms with Crippen molar-refractivity contribution in [2.24, 2.45) is 5.92 Å². The molecule has 1 fully saturated rings. The summed E-state index contributed by atoms with van der Waals surface area (Å²) in [4.78, 5) is 30.7. The molecule has 3 aromatic rings. The number of aryl methyl sites for hydroxylation is 2. The number of carboxylic acid groups (broad SMARTS) is 1. The van der Waals surface area contributed by atoms with E-state index in [2.05, 4.69) is 5.32 Å². The van der Waals surface area contributed by atoms with Crippen LogP contribution in [0.15, 0.2) is 48.5 Å². The van der Waals surface area contributed by atoms with Crippen LogP contribution in [0.3, 0.4) is 0 Å². The molecule has 0 aliphatic carbocycles. The average molecular weight is 608 g/mol. The summed E-state index contributed by atoms with van der Waals surface area (Å²) in [6.45, 7) is 4.47. The fourth-order valence-corrected chi connectivity index (χ4v) is 6.53. The van der Waals surface area contributed by atoms with Gasteiger partial charge in [-0.1, -0.05) is 37.6 Å². The summed E-state index contributed by atoms with van der Waals surface area (Å²) in [5.74, 6) is -0.927. The molecule has 0 bridgehead atoms. The van der Waals surface area contributed by atoms with E-state index in [-0.39, 0.29) is 19.2 Å². The Morgan fingerprint density at radius 3 is 2.30 bits per heavy atom. The summed E-state index contributed by atoms with van der Waals surface area (Å²) in [7, 11) is 5.45. The van der Waals surface area contributed by atoms with Crippen molar-refractivity contribution < 1.29 is 28.9 Å². The molecule has 0 spiro atoms. The first-order valence-electron chi connectivity index (χ1n) is 14.5. The highest BCUT2D eigenvalue weighted by molar-refractivity contribution is 6.30. The number of hydrogen-bond acceptors (Lipinski definition) is 7. The van der Waals surface area contributed by atoms with Gasteiger partial charge in [-0.15, -0.1) is 0 Å². The predicted octanol–water partition coefficient (Wildman–Crippen LogP) is 5.75. The van der Waals surface area contributed by atoms with Crippen molar-refractivity contribution in [1.82, 2.24) is 4.90 Å². The lowest BCUT2D eigenvalue weighted by Gasteiger charge is -2.27. The summed E-state index contributed by atoms with van der Waals surface area (Å²) in [6, 6.07) is 14.7. The molecule has 1 amide bonds. The van der Waals surface area contributed by atoms with Crippen LogP contribution in [0.25, 0.3) is 0 Å². The molecule has 228 valence electrons. The van der Waals surface area contributed by atoms with Gasteiger partial charge in [0.15, 0.2) is 11.5 Å². The van der Waals surface area contributed by atoms with Crippen LogP contribution >= 0.6 is 11.6 Å². The highest BCUT2D eigenvalue weighted by Crippen LogP contribution is 2.50. The average Bonchev–Trinajstić information content (AvgIpc) is 3.62. The Morgan fingerprint density at radius 1 is 1.05 bits per heavy atom. The third-order valence-corrected chi connectivity index (χ3v) is 8.60. The Labute approximate surface area is 257 Å². The molecule has 0 radical (unpaired) electrons. The minimum Gasteiger partial charge on any atom is -0.493 e. The number of fused-ring (bicyclic) bond motifs is 1. The molecular formula is C33H38ClN3O6. The first-order valence-corrected chi connectivity index (χ1v) is 14.9. The predicted molar refractivity (Wildman–Crippen MR) is 167 cm³/mol. The molecule has 2 aliphatic heterocycles. The van der Waals surface area contributed by atoms with Crippen LogP contribution in [0.4, 0.5) is 11.4 Å². The number of hydrogen-bond donors (Lipinski definition) is 2. The highest BCUT2D eigenvalue weighted by Gasteiger charge is 2.48. The number of rotatable bonds is 10. The first kappa shape index (κ1) is 30.5. The standard InChI is InChI=1S/C33H38ClN3O6/c1-6-19-12-23(34)13-20(7-2)30(19)35-28(38)17-37-16-25(22-14-26(41-5)32-27(15-22)42-18-43-32)29(33(39)40)31(37)21-8-10-24(11-9-21)36(3)4/h8-15,25,29,31H,6-7,16-18H2,1-5H3,(H,35,38)(H,39,40)/t25-,29?,31+/m1/s1. The molecule has 0 aromatic heterocycles. The van der Waals surface area contributed by atoms with Crippen molar-refractivity contribution in [1.29, 1.82) is 0 Å². The number of carbonyl (C=O) groups excluding carboxylic acids is 1. The van der Waals surface area contributed by atoms with E-state index in [1.54, 1.807) is 7.11 Å². The monoisotopic (exact) mass is 607 g/mol. The third-order valence-electron chi connectivity index (χ3n) is 8.38. The number of ether oxygens (including phenoxy) is 3. The zero-order valence-corrected chi connectivity index (χ0v) is 25.9. The van der Waals surface area contributed by atoms with Crippen molar-refractivity contribution in [2.75, 3.05) is 51.3 Å². The number of anilines is 2. The van der Waals surface area contributed by atoms with E-state index in [9.17, 15) is 14.7 Å². The summed E-state index contributed by atoms with van der Waals surface area (Å²) in [5.41, 5.74) is 5.28. The van der Waals surface area contributed by atoms with Crippen LogP contribution in [0.5, 0.6) is 17.2 Å². The lowest BCUT2D eigenvalue weighted by atomic mass is 9.82. The summed E-state index contributed by atoms with van der Waals surface area (Å²) in [5, 5.41) is 14.4. The zero-order chi connectivity index (χ0) is 30.8. The third kappa shape index (κ3) is 6.10. The van der Waals surface area contributed by atoms with E-state index in [0.717, 1.165) is 33.6 Å². The SMILES string of the molecule is CCc1cc(Cl)cc(CC)c1NC(=O)CN1C[C@H](c2cc(OC)c3c(c2)OCO3)C(C(=O)O)[C@@H]1c1ccc(N(C)C)cc1. The van der Waals surface area contributed by atoms with Crippen LogP contribution in [0.2, 0.25) is 5.02 Å². The van der Waals surface area contributed by atoms with Gasteiger partial charge in [0.1, 0.15) is 0 Å². The van der Waals surface area contributed by atoms with Crippen LogP contribution in [-0.4, -0.2) is 63.0 Å². The number of carboxylic acids is 1. The van der Waals surface area contributed by atoms with Crippen LogP contribution in [0, 0.1) is 5.92 Å². The number of halogens is 1. The number of aliphatic carboxylic acids is 1. The van der Waals surface area contributed by atoms with Crippen molar-refractivity contribution in [3.05, 3.63) is 75.8 Å². The maximum absolute atomic E-state index is 13.7. The molecule has 1 saturated heterocycles. The number of nitrogens with zero attached hydrogens (tertiary/aromatic N) is 2. The molecule has 2 N–H and O–H groups in total. The minimum absolute atomic E-state index is 0.0109. The Morgan fingerprint density at radius 2 is 1.72 bits per heavy atom. The van der Waals surface area contributed by atoms with Gasteiger partial charge in [0.2, 0.25) is 18.4 Å². The van der Waals surface area contributed by atoms with Gasteiger partial charge in [-0.3, -0.25) is 14.5 Å². The lowest BCUT2D eigenvalue weighted by Crippen LogP contribution is -2.35. The second kappa shape index (κ2) is 12.7. The molecule has 3 aromatic carbocycles. The van der Waals surface area contributed by atoms with Crippen LogP contribution in [0.1, 0.15) is 48.1 Å². The molecule has 0 saturated carbocycles. The number of nitrogens with one attached hydrogen (secondary N) is 1. The molecule has 9 nitrogen and oxygen atoms in total. The number of benzene rings is 3. The quantitative estimate of drug-likeness (QED) is 0.301. The minimum atomic E-state index is -0.939. The van der Waals surface area contributed by atoms with E-state index in [0.29, 0.717) is 41.7 Å². The van der Waals surface area contributed by atoms with Gasteiger partial charge in [-0.2, -0.15) is 0 Å². The highest BCUT2D eigenvalue weighted by atomic mass is 35.5. The first-order chi connectivity index (χ1) is 20.6. The van der Waals surface area contributed by atoms with Crippen molar-refractivity contribution in [3.8, 4) is 17.2 Å². The number of amides is 1. The van der Waals surface area contributed by atoms with Crippen molar-refractivity contribution in [2.45, 2.75) is 38.6 Å². The van der Waals surface area contributed by atoms with E-state index in [1.165, 1.54) is 0 Å². The Hall–Kier alpha value is -3.95. The number of carbonyl (C=O) groups is 2. The summed E-state index contributed by atoms with van der Waals surface area (Å²) in [6.07, 6.45) is 1.42. The van der Waals surface area contributed by atoms with Gasteiger partial charge in [-0.25, -0.2) is 0 Å². The van der Waals surface area contributed by atoms with Gasteiger partial charge in [-0.05, 0) is 71.5 Å². The van der Waals surface area contributed by atoms with E-state index < -0.39 is 23.8 Å². The maximum atomic E-state index is 13.7. The number of likely N-dealkylation sites (tertiary alicyclic amines) is 1. The topological polar surface area (TPSA) is 101 Å². The molecule has 1 unspecified atom stereocenters. The maximum Gasteiger partial charge on any atom is 0.309 e. The molecule has 10 heteroatoms. The molecule has 5 rings (SSSR count). The summed E-state index contributed by atoms with van der Waals surface area (Å²) >= 11 is 6.34. The molecule has 2 aliphatic rings. The van der Waals surface area contributed by atoms with Gasteiger partial charge >= 0.3 is 5.97 Å². The van der Waals surface area contributed by atoms with E-state index in [1.807, 2.05) is 86.3 Å². The second-order valence-electron chi connectivity index (χ2n) is 11.1. The molecule has 43 heavy (non-hydrogen) atoms. The van der Waals surface area contributed by atoms with Crippen LogP contribution < -0.4 is 24.4 Å². The fraction of sp³-hybridized carbons (Fsp3) is 0.394. The Bertz CT molecular complexity index is 1480. The Kier molecular flexibility index (Phi) is 9.03. The smallest absolute Gasteiger partial charge is 0.309 e. The van der Waals surface area contributed by atoms with Gasteiger partial charge in [0.25, 0.3) is 0 Å². The molecule has 3 atom stereocenters. The van der Waals surface area contributed by atoms with Gasteiger partial charge < -0.3 is 29.5 Å². The van der Waals surface area contributed by atoms with E-state index >= 15 is 0 Å². The second-order valence-corrected chi connectivity index (χ2v) is 11.6. The Balaban J connectivity index is 1.53. The summed E-state index contributed by atoms with van der Waals surface area (Å²) < 4.78 is 16.8. The normalized spacial score (nSPS) is 19.3. The van der Waals surface area contributed by atoms with Crippen LogP contribution in [-0.2, 0) is 22.4 Å². The van der Waals surface area contributed by atoms with Crippen molar-refractivity contribution >= 4 is 34.9 Å². The molecule has 2 heterocycles. The van der Waals surface area contributed by atoms with E-state index in [4.69, 9.17) is 25.8 Å². The zero-order valence-electron chi connectivity index (χ0n) is 25.1. The molecular weight excluding hydrogens is 570 g/mol. The lowest BCUT2D eigenvalue weighted by molar-refractivity contribution is -0.143. The van der Waals surface area contributed by atoms with Gasteiger partial charge in [0.05, 0.1) is 19.6 Å².